The van der Waals surface area contributed by atoms with E-state index in [1.807, 2.05) is 0 Å². The molecule has 1 unspecified atom stereocenters. The van der Waals surface area contributed by atoms with Crippen molar-refractivity contribution in [2.24, 2.45) is 18.9 Å². The van der Waals surface area contributed by atoms with Crippen molar-refractivity contribution in [2.45, 2.75) is 40.2 Å². The van der Waals surface area contributed by atoms with E-state index >= 15 is 0 Å². The predicted molar refractivity (Wildman–Crippen MR) is 64.0 cm³/mol. The van der Waals surface area contributed by atoms with Gasteiger partial charge in [0.2, 0.25) is 0 Å². The van der Waals surface area contributed by atoms with Crippen LogP contribution in [0.4, 0.5) is 0 Å². The minimum atomic E-state index is 0.524. The lowest BCUT2D eigenvalue weighted by molar-refractivity contribution is 0.343. The van der Waals surface area contributed by atoms with E-state index in [-0.39, 0.29) is 0 Å². The van der Waals surface area contributed by atoms with Crippen molar-refractivity contribution >= 4 is 0 Å². The van der Waals surface area contributed by atoms with Crippen LogP contribution in [0.1, 0.15) is 33.5 Å². The van der Waals surface area contributed by atoms with Crippen molar-refractivity contribution in [3.63, 3.8) is 0 Å². The Labute approximate surface area is 97.6 Å². The van der Waals surface area contributed by atoms with Gasteiger partial charge in [0.25, 0.3) is 0 Å². The predicted octanol–water partition coefficient (Wildman–Crippen LogP) is 1.02. The fraction of sp³-hybridized carbons (Fsp3) is 0.909. The van der Waals surface area contributed by atoms with Gasteiger partial charge in [0.05, 0.1) is 7.05 Å². The quantitative estimate of drug-likeness (QED) is 0.785. The zero-order chi connectivity index (χ0) is 12.1. The van der Waals surface area contributed by atoms with Crippen LogP contribution >= 0.6 is 0 Å². The number of hydrogen-bond acceptors (Lipinski definition) is 4. The smallest absolute Gasteiger partial charge is 0.175 e. The van der Waals surface area contributed by atoms with Gasteiger partial charge in [-0.05, 0) is 23.6 Å². The van der Waals surface area contributed by atoms with Gasteiger partial charge in [-0.2, -0.15) is 4.80 Å². The van der Waals surface area contributed by atoms with Crippen molar-refractivity contribution in [2.75, 3.05) is 6.54 Å². The number of tetrazole rings is 1. The molecule has 1 aromatic rings. The van der Waals surface area contributed by atoms with Crippen LogP contribution in [-0.4, -0.2) is 32.8 Å². The van der Waals surface area contributed by atoms with E-state index in [0.29, 0.717) is 17.9 Å². The molecule has 1 aromatic heterocycles. The van der Waals surface area contributed by atoms with Gasteiger partial charge >= 0.3 is 0 Å². The Hall–Kier alpha value is -0.970. The first-order chi connectivity index (χ1) is 7.49. The molecule has 92 valence electrons. The fourth-order valence-corrected chi connectivity index (χ4v) is 1.57. The summed E-state index contributed by atoms with van der Waals surface area (Å²) in [4.78, 5) is 1.52. The Balaban J connectivity index is 2.51. The normalized spacial score (nSPS) is 13.7. The summed E-state index contributed by atoms with van der Waals surface area (Å²) in [5.41, 5.74) is 0. The number of nitrogens with one attached hydrogen (secondary N) is 1. The van der Waals surface area contributed by atoms with Gasteiger partial charge in [0.1, 0.15) is 0 Å². The maximum atomic E-state index is 4.23. The molecule has 0 radical (unpaired) electrons. The molecular weight excluding hydrogens is 202 g/mol. The van der Waals surface area contributed by atoms with Crippen LogP contribution in [0.25, 0.3) is 0 Å². The van der Waals surface area contributed by atoms with Crippen LogP contribution in [0, 0.1) is 11.8 Å². The topological polar surface area (TPSA) is 55.6 Å². The summed E-state index contributed by atoms with van der Waals surface area (Å²) in [5, 5.41) is 15.6. The molecule has 0 aromatic carbocycles. The first-order valence-electron chi connectivity index (χ1n) is 5.95. The number of aromatic nitrogens is 4. The summed E-state index contributed by atoms with van der Waals surface area (Å²) in [7, 11) is 1.80. The molecular formula is C11H23N5. The van der Waals surface area contributed by atoms with Gasteiger partial charge in [-0.1, -0.05) is 27.7 Å². The summed E-state index contributed by atoms with van der Waals surface area (Å²) in [6.45, 7) is 9.82. The van der Waals surface area contributed by atoms with E-state index in [2.05, 4.69) is 48.4 Å². The third-order valence-corrected chi connectivity index (χ3v) is 2.73. The number of nitrogens with zero attached hydrogens (tertiary/aromatic N) is 4. The zero-order valence-electron chi connectivity index (χ0n) is 10.9. The van der Waals surface area contributed by atoms with Gasteiger partial charge < -0.3 is 5.32 Å². The molecule has 0 fully saturated rings. The van der Waals surface area contributed by atoms with Crippen molar-refractivity contribution in [3.05, 3.63) is 5.82 Å². The van der Waals surface area contributed by atoms with Crippen molar-refractivity contribution in [3.8, 4) is 0 Å². The first kappa shape index (κ1) is 13.1. The zero-order valence-corrected chi connectivity index (χ0v) is 10.9. The maximum absolute atomic E-state index is 4.23. The van der Waals surface area contributed by atoms with Crippen LogP contribution in [0.15, 0.2) is 0 Å². The number of hydrogen-bond donors (Lipinski definition) is 1. The summed E-state index contributed by atoms with van der Waals surface area (Å²) in [6, 6.07) is 0.524. The second-order valence-corrected chi connectivity index (χ2v) is 4.97. The van der Waals surface area contributed by atoms with Gasteiger partial charge in [0.15, 0.2) is 5.82 Å². The van der Waals surface area contributed by atoms with Crippen molar-refractivity contribution in [1.82, 2.24) is 25.5 Å². The SMILES string of the molecule is CC(C)NCC(Cc1nnn(C)n1)C(C)C. The van der Waals surface area contributed by atoms with E-state index in [1.165, 1.54) is 4.80 Å². The monoisotopic (exact) mass is 225 g/mol. The molecule has 16 heavy (non-hydrogen) atoms. The second-order valence-electron chi connectivity index (χ2n) is 4.97. The third-order valence-electron chi connectivity index (χ3n) is 2.73. The summed E-state index contributed by atoms with van der Waals surface area (Å²) in [5.74, 6) is 2.02. The second kappa shape index (κ2) is 5.94. The lowest BCUT2D eigenvalue weighted by atomic mass is 9.92. The molecule has 1 atom stereocenters. The molecule has 1 rings (SSSR count). The Morgan fingerprint density at radius 2 is 1.94 bits per heavy atom. The van der Waals surface area contributed by atoms with E-state index in [9.17, 15) is 0 Å². The van der Waals surface area contributed by atoms with Crippen LogP contribution in [0.2, 0.25) is 0 Å². The number of aryl methyl sites for hydroxylation is 1. The first-order valence-corrected chi connectivity index (χ1v) is 5.95. The molecule has 1 N–H and O–H groups in total. The Kier molecular flexibility index (Phi) is 4.86. The lowest BCUT2D eigenvalue weighted by Gasteiger charge is -2.21. The highest BCUT2D eigenvalue weighted by Gasteiger charge is 2.16. The minimum Gasteiger partial charge on any atom is -0.314 e. The summed E-state index contributed by atoms with van der Waals surface area (Å²) < 4.78 is 0. The van der Waals surface area contributed by atoms with E-state index in [0.717, 1.165) is 18.8 Å². The van der Waals surface area contributed by atoms with Crippen LogP contribution in [0.5, 0.6) is 0 Å². The maximum Gasteiger partial charge on any atom is 0.175 e. The molecule has 0 aliphatic rings. The Bertz CT molecular complexity index is 305. The van der Waals surface area contributed by atoms with Crippen LogP contribution in [0.3, 0.4) is 0 Å². The Morgan fingerprint density at radius 3 is 2.38 bits per heavy atom. The number of rotatable bonds is 6. The molecule has 0 saturated heterocycles. The molecule has 0 amide bonds. The van der Waals surface area contributed by atoms with Gasteiger partial charge in [0, 0.05) is 12.5 Å². The average molecular weight is 225 g/mol. The fourth-order valence-electron chi connectivity index (χ4n) is 1.57. The highest BCUT2D eigenvalue weighted by Crippen LogP contribution is 2.14. The van der Waals surface area contributed by atoms with E-state index in [4.69, 9.17) is 0 Å². The highest BCUT2D eigenvalue weighted by atomic mass is 15.6. The molecule has 5 nitrogen and oxygen atoms in total. The molecule has 5 heteroatoms. The molecule has 0 aliphatic heterocycles. The van der Waals surface area contributed by atoms with Gasteiger partial charge in [-0.15, -0.1) is 10.2 Å². The van der Waals surface area contributed by atoms with Crippen molar-refractivity contribution < 1.29 is 0 Å². The molecule has 0 aliphatic carbocycles. The highest BCUT2D eigenvalue weighted by molar-refractivity contribution is 4.83. The summed E-state index contributed by atoms with van der Waals surface area (Å²) in [6.07, 6.45) is 0.894. The largest absolute Gasteiger partial charge is 0.314 e. The molecule has 0 spiro atoms. The van der Waals surface area contributed by atoms with Crippen molar-refractivity contribution in [1.29, 1.82) is 0 Å². The summed E-state index contributed by atoms with van der Waals surface area (Å²) >= 11 is 0. The molecule has 0 bridgehead atoms. The lowest BCUT2D eigenvalue weighted by Crippen LogP contribution is -2.32. The van der Waals surface area contributed by atoms with Gasteiger partial charge in [-0.25, -0.2) is 0 Å². The van der Waals surface area contributed by atoms with Crippen LogP contribution < -0.4 is 5.32 Å². The van der Waals surface area contributed by atoms with Gasteiger partial charge in [-0.3, -0.25) is 0 Å². The molecule has 0 saturated carbocycles. The minimum absolute atomic E-state index is 0.524. The average Bonchev–Trinajstić information content (AvgIpc) is 2.57. The van der Waals surface area contributed by atoms with E-state index < -0.39 is 0 Å². The Morgan fingerprint density at radius 1 is 1.25 bits per heavy atom. The van der Waals surface area contributed by atoms with Crippen LogP contribution in [-0.2, 0) is 13.5 Å². The standard InChI is InChI=1S/C11H23N5/c1-8(2)10(7-12-9(3)4)6-11-13-15-16(5)14-11/h8-10,12H,6-7H2,1-5H3. The molecule has 1 heterocycles. The van der Waals surface area contributed by atoms with E-state index in [1.54, 1.807) is 7.05 Å². The third kappa shape index (κ3) is 4.26.